The summed E-state index contributed by atoms with van der Waals surface area (Å²) in [6.07, 6.45) is 0. The smallest absolute Gasteiger partial charge is 0.0541 e. The molecule has 0 N–H and O–H groups in total. The Kier molecular flexibility index (Phi) is 7.02. The van der Waals surface area contributed by atoms with E-state index in [1.54, 1.807) is 0 Å². The van der Waals surface area contributed by atoms with Crippen LogP contribution >= 0.6 is 0 Å². The Morgan fingerprint density at radius 2 is 0.789 bits per heavy atom. The zero-order valence-electron chi connectivity index (χ0n) is 31.2. The minimum Gasteiger partial charge on any atom is -0.309 e. The van der Waals surface area contributed by atoms with E-state index >= 15 is 0 Å². The summed E-state index contributed by atoms with van der Waals surface area (Å²) in [5.74, 6) is 0.115. The van der Waals surface area contributed by atoms with Crippen molar-refractivity contribution in [1.82, 2.24) is 9.13 Å². The molecule has 1 aliphatic carbocycles. The van der Waals surface area contributed by atoms with Crippen molar-refractivity contribution in [3.63, 3.8) is 0 Å². The fourth-order valence-corrected chi connectivity index (χ4v) is 9.75. The van der Waals surface area contributed by atoms with Crippen molar-refractivity contribution < 1.29 is 0 Å². The second-order valence-corrected chi connectivity index (χ2v) is 15.3. The van der Waals surface area contributed by atoms with E-state index < -0.39 is 0 Å². The molecule has 11 aromatic rings. The largest absolute Gasteiger partial charge is 0.309 e. The number of para-hydroxylation sites is 4. The Hall–Kier alpha value is -7.42. The van der Waals surface area contributed by atoms with E-state index in [1.807, 2.05) is 0 Å². The molecule has 2 aromatic heterocycles. The van der Waals surface area contributed by atoms with Gasteiger partial charge in [-0.3, -0.25) is 0 Å². The van der Waals surface area contributed by atoms with Crippen molar-refractivity contribution >= 4 is 43.6 Å². The molecule has 1 unspecified atom stereocenters. The van der Waals surface area contributed by atoms with Gasteiger partial charge in [0.15, 0.2) is 0 Å². The lowest BCUT2D eigenvalue weighted by Crippen LogP contribution is -2.01. The van der Waals surface area contributed by atoms with E-state index in [0.717, 1.165) is 5.69 Å². The van der Waals surface area contributed by atoms with Gasteiger partial charge in [-0.25, -0.2) is 0 Å². The van der Waals surface area contributed by atoms with Crippen molar-refractivity contribution in [1.29, 1.82) is 0 Å². The number of benzene rings is 9. The lowest BCUT2D eigenvalue weighted by atomic mass is 9.85. The Morgan fingerprint density at radius 3 is 1.42 bits per heavy atom. The van der Waals surface area contributed by atoms with Gasteiger partial charge in [-0.2, -0.15) is 0 Å². The maximum absolute atomic E-state index is 2.45. The third-order valence-electron chi connectivity index (χ3n) is 12.2. The molecule has 1 atom stereocenters. The van der Waals surface area contributed by atoms with Gasteiger partial charge >= 0.3 is 0 Å². The molecule has 12 rings (SSSR count). The predicted molar refractivity (Wildman–Crippen MR) is 239 cm³/mol. The second kappa shape index (κ2) is 12.6. The van der Waals surface area contributed by atoms with Gasteiger partial charge in [0.05, 0.1) is 22.1 Å². The highest BCUT2D eigenvalue weighted by Gasteiger charge is 2.31. The van der Waals surface area contributed by atoms with Crippen LogP contribution in [-0.2, 0) is 0 Å². The van der Waals surface area contributed by atoms with Crippen molar-refractivity contribution in [3.8, 4) is 44.8 Å². The molecule has 0 fully saturated rings. The topological polar surface area (TPSA) is 9.86 Å². The highest BCUT2D eigenvalue weighted by molar-refractivity contribution is 6.10. The van der Waals surface area contributed by atoms with Crippen LogP contribution in [0.2, 0.25) is 0 Å². The number of hydrogen-bond acceptors (Lipinski definition) is 0. The number of rotatable bonds is 5. The Balaban J connectivity index is 1.02. The van der Waals surface area contributed by atoms with Gasteiger partial charge in [0.25, 0.3) is 0 Å². The molecular formula is C55H36N2. The summed E-state index contributed by atoms with van der Waals surface area (Å²) < 4.78 is 4.83. The number of nitrogens with zero attached hydrogens (tertiary/aromatic N) is 2. The maximum Gasteiger partial charge on any atom is 0.0541 e. The highest BCUT2D eigenvalue weighted by atomic mass is 15.0. The van der Waals surface area contributed by atoms with E-state index in [0.29, 0.717) is 0 Å². The summed E-state index contributed by atoms with van der Waals surface area (Å²) in [5, 5.41) is 5.10. The Morgan fingerprint density at radius 1 is 0.281 bits per heavy atom. The molecule has 0 spiro atoms. The molecule has 0 bridgehead atoms. The number of aromatic nitrogens is 2. The molecule has 2 nitrogen and oxygen atoms in total. The monoisotopic (exact) mass is 724 g/mol. The first-order chi connectivity index (χ1) is 28.3. The molecule has 1 aliphatic rings. The minimum absolute atomic E-state index is 0.115. The molecular weight excluding hydrogens is 689 g/mol. The van der Waals surface area contributed by atoms with Crippen LogP contribution in [0.1, 0.15) is 22.6 Å². The van der Waals surface area contributed by atoms with Crippen LogP contribution in [0.15, 0.2) is 212 Å². The first kappa shape index (κ1) is 31.9. The molecule has 0 saturated heterocycles. The third-order valence-corrected chi connectivity index (χ3v) is 12.2. The molecule has 2 heterocycles. The fourth-order valence-electron chi connectivity index (χ4n) is 9.75. The normalized spacial score (nSPS) is 13.4. The third kappa shape index (κ3) is 4.84. The fraction of sp³-hybridized carbons (Fsp3) is 0.0182. The van der Waals surface area contributed by atoms with Crippen LogP contribution in [0.5, 0.6) is 0 Å². The Bertz CT molecular complexity index is 3260. The average molecular weight is 725 g/mol. The van der Waals surface area contributed by atoms with Crippen molar-refractivity contribution in [3.05, 3.63) is 229 Å². The van der Waals surface area contributed by atoms with Gasteiger partial charge < -0.3 is 9.13 Å². The number of hydrogen-bond donors (Lipinski definition) is 0. The predicted octanol–water partition coefficient (Wildman–Crippen LogP) is 14.4. The second-order valence-electron chi connectivity index (χ2n) is 15.3. The summed E-state index contributed by atoms with van der Waals surface area (Å²) in [4.78, 5) is 0. The molecule has 266 valence electrons. The maximum atomic E-state index is 2.45. The highest BCUT2D eigenvalue weighted by Crippen LogP contribution is 2.50. The van der Waals surface area contributed by atoms with Crippen LogP contribution in [-0.4, -0.2) is 9.13 Å². The zero-order chi connectivity index (χ0) is 37.5. The first-order valence-corrected chi connectivity index (χ1v) is 19.8. The van der Waals surface area contributed by atoms with Crippen LogP contribution in [0.25, 0.3) is 88.4 Å². The van der Waals surface area contributed by atoms with Gasteiger partial charge in [0.2, 0.25) is 0 Å². The van der Waals surface area contributed by atoms with Crippen LogP contribution < -0.4 is 0 Å². The zero-order valence-corrected chi connectivity index (χ0v) is 31.2. The van der Waals surface area contributed by atoms with Gasteiger partial charge in [0.1, 0.15) is 0 Å². The van der Waals surface area contributed by atoms with Crippen LogP contribution in [0.4, 0.5) is 0 Å². The summed E-state index contributed by atoms with van der Waals surface area (Å²) >= 11 is 0. The van der Waals surface area contributed by atoms with Crippen LogP contribution in [0.3, 0.4) is 0 Å². The van der Waals surface area contributed by atoms with Crippen molar-refractivity contribution in [2.24, 2.45) is 0 Å². The van der Waals surface area contributed by atoms with Gasteiger partial charge in [-0.1, -0.05) is 158 Å². The number of fused-ring (bicyclic) bond motifs is 9. The quantitative estimate of drug-likeness (QED) is 0.167. The van der Waals surface area contributed by atoms with E-state index in [1.165, 1.54) is 99.4 Å². The molecule has 0 aliphatic heterocycles. The molecule has 2 heteroatoms. The van der Waals surface area contributed by atoms with E-state index in [2.05, 4.69) is 221 Å². The van der Waals surface area contributed by atoms with E-state index in [-0.39, 0.29) is 5.92 Å². The summed E-state index contributed by atoms with van der Waals surface area (Å²) in [6, 6.07) is 78.2. The van der Waals surface area contributed by atoms with Crippen molar-refractivity contribution in [2.45, 2.75) is 5.92 Å². The average Bonchev–Trinajstić information content (AvgIpc) is 3.92. The van der Waals surface area contributed by atoms with Gasteiger partial charge in [-0.05, 0) is 105 Å². The van der Waals surface area contributed by atoms with Crippen LogP contribution in [0, 0.1) is 0 Å². The summed E-state index contributed by atoms with van der Waals surface area (Å²) in [5.41, 5.74) is 18.7. The van der Waals surface area contributed by atoms with E-state index in [4.69, 9.17) is 0 Å². The first-order valence-electron chi connectivity index (χ1n) is 19.8. The minimum atomic E-state index is 0.115. The lowest BCUT2D eigenvalue weighted by molar-refractivity contribution is 1.01. The lowest BCUT2D eigenvalue weighted by Gasteiger charge is -2.19. The van der Waals surface area contributed by atoms with Crippen molar-refractivity contribution in [2.75, 3.05) is 0 Å². The molecule has 0 amide bonds. The molecule has 0 saturated carbocycles. The standard InChI is InChI=1S/C55H36N2/c1-2-15-36(16-3-1)49-34-38(29-31-41(49)37-17-14-18-39(33-37)56-51-25-10-6-20-43(51)44-21-7-11-26-52(44)56)55-47-24-5-4-19-42(47)50-35-40(30-32-48(50)55)57-53-27-12-8-22-45(53)46-23-9-13-28-54(46)57/h1-35,55H. The summed E-state index contributed by atoms with van der Waals surface area (Å²) in [6.45, 7) is 0. The molecule has 0 radical (unpaired) electrons. The SMILES string of the molecule is c1ccc(-c2cc(C3c4ccccc4-c4cc(-n5c6ccccc6c6ccccc65)ccc43)ccc2-c2cccc(-n3c4ccccc4c4ccccc43)c2)cc1. The molecule has 9 aromatic carbocycles. The Labute approximate surface area is 331 Å². The van der Waals surface area contributed by atoms with Gasteiger partial charge in [0, 0.05) is 38.8 Å². The summed E-state index contributed by atoms with van der Waals surface area (Å²) in [7, 11) is 0. The van der Waals surface area contributed by atoms with E-state index in [9.17, 15) is 0 Å². The molecule has 57 heavy (non-hydrogen) atoms. The van der Waals surface area contributed by atoms with Gasteiger partial charge in [-0.15, -0.1) is 0 Å².